The lowest BCUT2D eigenvalue weighted by Gasteiger charge is -2.25. The number of rotatable bonds is 0. The number of carbonyl (C=O) groups is 6. The third kappa shape index (κ3) is 3.36. The molecule has 4 amide bonds. The standard InChI is InChI=1S/2C21H18N2O3/c2*1-22-15-9-5-3-7-13(15)20(18(22)25)11-12-21(17(20)24)14-8-4-6-10-16(14)23(2)19(21)26/h2*3-10H,11-12H2,1-2H3/t2*20-,21-/m10/s1. The highest BCUT2D eigenvalue weighted by atomic mass is 16.2. The molecule has 0 saturated heterocycles. The summed E-state index contributed by atoms with van der Waals surface area (Å²) in [5, 5.41) is 0. The van der Waals surface area contributed by atoms with Crippen molar-refractivity contribution < 1.29 is 28.8 Å². The fraction of sp³-hybridized carbons (Fsp3) is 0.286. The lowest BCUT2D eigenvalue weighted by atomic mass is 9.72. The highest BCUT2D eigenvalue weighted by Gasteiger charge is 2.72. The van der Waals surface area contributed by atoms with Crippen molar-refractivity contribution in [3.63, 3.8) is 0 Å². The van der Waals surface area contributed by atoms with Gasteiger partial charge >= 0.3 is 0 Å². The number of fused-ring (bicyclic) bond motifs is 8. The molecule has 0 N–H and O–H groups in total. The van der Waals surface area contributed by atoms with Crippen molar-refractivity contribution >= 4 is 57.9 Å². The number of nitrogens with zero attached hydrogens (tertiary/aromatic N) is 4. The summed E-state index contributed by atoms with van der Waals surface area (Å²) in [6.45, 7) is 0. The number of ketones is 2. The summed E-state index contributed by atoms with van der Waals surface area (Å²) in [7, 11) is 6.80. The molecule has 0 radical (unpaired) electrons. The first kappa shape index (κ1) is 32.0. The maximum absolute atomic E-state index is 13.9. The monoisotopic (exact) mass is 692 g/mol. The Hall–Kier alpha value is -5.90. The molecule has 10 rings (SSSR count). The summed E-state index contributed by atoms with van der Waals surface area (Å²) >= 11 is 0. The number of hydrogen-bond donors (Lipinski definition) is 0. The number of benzene rings is 4. The number of hydrogen-bond acceptors (Lipinski definition) is 6. The lowest BCUT2D eigenvalue weighted by molar-refractivity contribution is -0.140. The van der Waals surface area contributed by atoms with E-state index in [9.17, 15) is 28.8 Å². The van der Waals surface area contributed by atoms with E-state index in [0.29, 0.717) is 25.7 Å². The summed E-state index contributed by atoms with van der Waals surface area (Å²) < 4.78 is 0. The Morgan fingerprint density at radius 3 is 0.750 bits per heavy atom. The van der Waals surface area contributed by atoms with Crippen LogP contribution in [0.2, 0.25) is 0 Å². The molecule has 2 aliphatic carbocycles. The van der Waals surface area contributed by atoms with Crippen LogP contribution in [0.5, 0.6) is 0 Å². The lowest BCUT2D eigenvalue weighted by Crippen LogP contribution is -2.50. The van der Waals surface area contributed by atoms with Gasteiger partial charge < -0.3 is 19.6 Å². The molecule has 4 atom stereocenters. The van der Waals surface area contributed by atoms with E-state index in [4.69, 9.17) is 0 Å². The van der Waals surface area contributed by atoms with Crippen molar-refractivity contribution in [1.29, 1.82) is 0 Å². The quantitative estimate of drug-likeness (QED) is 0.253. The normalized spacial score (nSPS) is 29.2. The van der Waals surface area contributed by atoms with Crippen LogP contribution in [0.4, 0.5) is 22.7 Å². The highest BCUT2D eigenvalue weighted by Crippen LogP contribution is 2.60. The van der Waals surface area contributed by atoms with Gasteiger partial charge in [0.2, 0.25) is 23.6 Å². The molecule has 10 nitrogen and oxygen atoms in total. The van der Waals surface area contributed by atoms with E-state index in [1.807, 2.05) is 97.1 Å². The number of carbonyl (C=O) groups excluding carboxylic acids is 6. The molecular formula is C42H36N4O6. The number of anilines is 4. The summed E-state index contributed by atoms with van der Waals surface area (Å²) in [6.07, 6.45) is 1.44. The predicted octanol–water partition coefficient (Wildman–Crippen LogP) is 4.36. The predicted molar refractivity (Wildman–Crippen MR) is 195 cm³/mol. The van der Waals surface area contributed by atoms with E-state index in [2.05, 4.69) is 0 Å². The maximum atomic E-state index is 13.9. The Kier molecular flexibility index (Phi) is 6.37. The van der Waals surface area contributed by atoms with E-state index < -0.39 is 21.7 Å². The Balaban J connectivity index is 0.000000138. The second kappa shape index (κ2) is 10.3. The summed E-state index contributed by atoms with van der Waals surface area (Å²) in [6, 6.07) is 29.7. The Morgan fingerprint density at radius 1 is 0.346 bits per heavy atom. The molecule has 0 unspecified atom stereocenters. The van der Waals surface area contributed by atoms with Gasteiger partial charge in [0.15, 0.2) is 11.6 Å². The Morgan fingerprint density at radius 2 is 0.538 bits per heavy atom. The van der Waals surface area contributed by atoms with Gasteiger partial charge in [0.05, 0.1) is 0 Å². The van der Waals surface area contributed by atoms with Gasteiger partial charge in [-0.1, -0.05) is 72.8 Å². The first-order chi connectivity index (χ1) is 24.9. The van der Waals surface area contributed by atoms with Crippen LogP contribution in [0, 0.1) is 0 Å². The molecule has 52 heavy (non-hydrogen) atoms. The van der Waals surface area contributed by atoms with Crippen molar-refractivity contribution in [1.82, 2.24) is 0 Å². The number of Topliss-reactive ketones (excluding diaryl/α,β-unsaturated/α-hetero) is 2. The fourth-order valence-electron chi connectivity index (χ4n) is 10.3. The van der Waals surface area contributed by atoms with Crippen molar-refractivity contribution in [3.8, 4) is 0 Å². The van der Waals surface area contributed by atoms with E-state index in [1.54, 1.807) is 47.8 Å². The molecular weight excluding hydrogens is 656 g/mol. The topological polar surface area (TPSA) is 115 Å². The largest absolute Gasteiger partial charge is 0.314 e. The minimum atomic E-state index is -1.25. The second-order valence-electron chi connectivity index (χ2n) is 14.8. The van der Waals surface area contributed by atoms with E-state index >= 15 is 0 Å². The second-order valence-corrected chi connectivity index (χ2v) is 14.8. The average Bonchev–Trinajstić information content (AvgIpc) is 3.91. The van der Waals surface area contributed by atoms with Gasteiger partial charge in [-0.2, -0.15) is 0 Å². The van der Waals surface area contributed by atoms with Crippen LogP contribution >= 0.6 is 0 Å². The SMILES string of the molecule is CN1C(=O)[C@@]2(CC[C@@]3(C(=O)N(C)c4ccccc43)C2=O)c2ccccc21.CN1C(=O)[C@]2(CC[C@]3(C(=O)N(C)c4ccccc43)C2=O)c2ccccc21. The van der Waals surface area contributed by atoms with Gasteiger partial charge in [0.25, 0.3) is 0 Å². The van der Waals surface area contributed by atoms with Crippen LogP contribution in [0.25, 0.3) is 0 Å². The van der Waals surface area contributed by atoms with Crippen LogP contribution in [0.1, 0.15) is 47.9 Å². The average molecular weight is 693 g/mol. The molecule has 2 saturated carbocycles. The zero-order chi connectivity index (χ0) is 36.5. The third-order valence-electron chi connectivity index (χ3n) is 12.9. The van der Waals surface area contributed by atoms with Gasteiger partial charge in [0, 0.05) is 50.9 Å². The Bertz CT molecular complexity index is 2030. The van der Waals surface area contributed by atoms with Crippen molar-refractivity contribution in [3.05, 3.63) is 119 Å². The van der Waals surface area contributed by atoms with Crippen LogP contribution in [-0.4, -0.2) is 63.4 Å². The third-order valence-corrected chi connectivity index (χ3v) is 12.9. The van der Waals surface area contributed by atoms with Crippen LogP contribution < -0.4 is 19.6 Å². The van der Waals surface area contributed by atoms with E-state index in [0.717, 1.165) is 45.0 Å². The molecule has 6 aliphatic rings. The van der Waals surface area contributed by atoms with Crippen molar-refractivity contribution in [2.24, 2.45) is 0 Å². The molecule has 4 aromatic rings. The molecule has 4 aliphatic heterocycles. The molecule has 2 fully saturated rings. The van der Waals surface area contributed by atoms with E-state index in [1.165, 1.54) is 0 Å². The molecule has 0 aromatic heterocycles. The Labute approximate surface area is 300 Å². The molecule has 4 aromatic carbocycles. The number of para-hydroxylation sites is 4. The van der Waals surface area contributed by atoms with Crippen molar-refractivity contribution in [2.75, 3.05) is 47.8 Å². The zero-order valence-electron chi connectivity index (χ0n) is 29.3. The van der Waals surface area contributed by atoms with Gasteiger partial charge in [-0.25, -0.2) is 0 Å². The molecule has 260 valence electrons. The zero-order valence-corrected chi connectivity index (χ0v) is 29.3. The maximum Gasteiger partial charge on any atom is 0.245 e. The first-order valence-electron chi connectivity index (χ1n) is 17.5. The first-order valence-corrected chi connectivity index (χ1v) is 17.5. The number of likely N-dealkylation sites (N-methyl/N-ethyl adjacent to an activating group) is 4. The molecule has 10 heteroatoms. The highest BCUT2D eigenvalue weighted by molar-refractivity contribution is 6.35. The minimum Gasteiger partial charge on any atom is -0.314 e. The van der Waals surface area contributed by atoms with Crippen LogP contribution in [0.15, 0.2) is 97.1 Å². The fourth-order valence-corrected chi connectivity index (χ4v) is 10.3. The van der Waals surface area contributed by atoms with Crippen molar-refractivity contribution in [2.45, 2.75) is 47.3 Å². The number of amides is 4. The molecule has 4 spiro atoms. The van der Waals surface area contributed by atoms with Crippen LogP contribution in [0.3, 0.4) is 0 Å². The van der Waals surface area contributed by atoms with Gasteiger partial charge in [0.1, 0.15) is 21.7 Å². The van der Waals surface area contributed by atoms with Gasteiger partial charge in [-0.05, 0) is 72.2 Å². The smallest absolute Gasteiger partial charge is 0.245 e. The van der Waals surface area contributed by atoms with E-state index in [-0.39, 0.29) is 35.2 Å². The molecule has 0 bridgehead atoms. The summed E-state index contributed by atoms with van der Waals surface area (Å²) in [5.74, 6) is -1.43. The minimum absolute atomic E-state index is 0.222. The van der Waals surface area contributed by atoms with Gasteiger partial charge in [-0.15, -0.1) is 0 Å². The summed E-state index contributed by atoms with van der Waals surface area (Å²) in [4.78, 5) is 86.9. The van der Waals surface area contributed by atoms with Gasteiger partial charge in [-0.3, -0.25) is 28.8 Å². The summed E-state index contributed by atoms with van der Waals surface area (Å²) in [5.41, 5.74) is 0.957. The van der Waals surface area contributed by atoms with Crippen LogP contribution in [-0.2, 0) is 50.4 Å². The molecule has 4 heterocycles.